The second-order valence-corrected chi connectivity index (χ2v) is 18.1. The van der Waals surface area contributed by atoms with Crippen molar-refractivity contribution in [3.8, 4) is 39.5 Å². The molecule has 6 heterocycles. The summed E-state index contributed by atoms with van der Waals surface area (Å²) in [7, 11) is 2.51. The van der Waals surface area contributed by atoms with Crippen LogP contribution in [0.2, 0.25) is 0 Å². The number of aromatic amines is 2. The molecule has 4 aromatic heterocycles. The van der Waals surface area contributed by atoms with E-state index in [9.17, 15) is 19.2 Å². The van der Waals surface area contributed by atoms with Crippen LogP contribution in [0, 0.1) is 11.7 Å². The van der Waals surface area contributed by atoms with Crippen LogP contribution in [-0.2, 0) is 25.6 Å². The molecule has 2 aromatic carbocycles. The number of alkyl carbamates (subject to hydrolysis) is 2. The van der Waals surface area contributed by atoms with Gasteiger partial charge in [-0.1, -0.05) is 26.8 Å². The Labute approximate surface area is 378 Å². The van der Waals surface area contributed by atoms with Gasteiger partial charge < -0.3 is 44.6 Å². The molecule has 0 unspecified atom stereocenters. The molecule has 6 aromatic rings. The minimum Gasteiger partial charge on any atom is -0.464 e. The molecule has 2 aliphatic heterocycles. The Hall–Kier alpha value is -6.76. The second kappa shape index (κ2) is 18.0. The molecule has 4 amide bonds. The van der Waals surface area contributed by atoms with E-state index in [2.05, 4.69) is 35.3 Å². The van der Waals surface area contributed by atoms with Gasteiger partial charge in [0.15, 0.2) is 0 Å². The number of aromatic nitrogens is 6. The first-order valence-electron chi connectivity index (χ1n) is 21.9. The molecule has 3 atom stereocenters. The molecule has 9 rings (SSSR count). The fraction of sp³-hybridized carbons (Fsp3) is 0.413. The summed E-state index contributed by atoms with van der Waals surface area (Å²) < 4.78 is 35.0. The molecule has 0 radical (unpaired) electrons. The monoisotopic (exact) mass is 906 g/mol. The number of fused-ring (bicyclic) bond motifs is 5. The van der Waals surface area contributed by atoms with Crippen molar-refractivity contribution in [1.82, 2.24) is 49.9 Å². The zero-order valence-corrected chi connectivity index (χ0v) is 37.6. The van der Waals surface area contributed by atoms with Gasteiger partial charge in [-0.15, -0.1) is 11.3 Å². The summed E-state index contributed by atoms with van der Waals surface area (Å²) >= 11 is 1.61. The number of imidazole rings is 2. The Bertz CT molecular complexity index is 2770. The lowest BCUT2D eigenvalue weighted by atomic mass is 10.0. The van der Waals surface area contributed by atoms with Crippen molar-refractivity contribution < 1.29 is 37.8 Å². The molecule has 0 spiro atoms. The van der Waals surface area contributed by atoms with Crippen LogP contribution < -0.4 is 15.4 Å². The van der Waals surface area contributed by atoms with E-state index >= 15 is 4.39 Å². The molecule has 1 saturated heterocycles. The molecule has 4 N–H and O–H groups in total. The molecule has 1 aliphatic carbocycles. The maximum Gasteiger partial charge on any atom is 0.407 e. The number of thiazole rings is 1. The number of carbonyl (C=O) groups is 4. The van der Waals surface area contributed by atoms with E-state index in [1.807, 2.05) is 61.9 Å². The number of hydrogen-bond donors (Lipinski definition) is 4. The zero-order valence-electron chi connectivity index (χ0n) is 36.8. The summed E-state index contributed by atoms with van der Waals surface area (Å²) in [5, 5.41) is 7.05. The first kappa shape index (κ1) is 43.5. The van der Waals surface area contributed by atoms with Crippen molar-refractivity contribution in [2.45, 2.75) is 83.6 Å². The van der Waals surface area contributed by atoms with Crippen molar-refractivity contribution in [2.24, 2.45) is 5.92 Å². The number of amides is 4. The number of nitrogens with one attached hydrogen (secondary N) is 4. The largest absolute Gasteiger partial charge is 0.464 e. The molecule has 19 heteroatoms. The van der Waals surface area contributed by atoms with Gasteiger partial charge in [-0.25, -0.2) is 28.9 Å². The quantitative estimate of drug-likeness (QED) is 0.0842. The van der Waals surface area contributed by atoms with Gasteiger partial charge in [0.05, 0.1) is 77.2 Å². The molecule has 2 fully saturated rings. The van der Waals surface area contributed by atoms with Crippen LogP contribution in [0.25, 0.3) is 44.7 Å². The van der Waals surface area contributed by atoms with Gasteiger partial charge in [0.2, 0.25) is 18.0 Å². The van der Waals surface area contributed by atoms with Gasteiger partial charge in [-0.2, -0.15) is 0 Å². The van der Waals surface area contributed by atoms with Gasteiger partial charge in [-0.3, -0.25) is 14.2 Å². The van der Waals surface area contributed by atoms with Crippen LogP contribution in [-0.4, -0.2) is 103 Å². The fourth-order valence-corrected chi connectivity index (χ4v) is 9.86. The van der Waals surface area contributed by atoms with E-state index in [4.69, 9.17) is 14.5 Å². The number of H-pyrrole nitrogens is 2. The molecule has 17 nitrogen and oxygen atoms in total. The van der Waals surface area contributed by atoms with E-state index in [1.54, 1.807) is 33.5 Å². The zero-order chi connectivity index (χ0) is 45.5. The Kier molecular flexibility index (Phi) is 12.1. The number of halogens is 1. The molecule has 1 saturated carbocycles. The number of benzene rings is 2. The van der Waals surface area contributed by atoms with Crippen molar-refractivity contribution in [2.75, 3.05) is 33.9 Å². The third-order valence-corrected chi connectivity index (χ3v) is 13.4. The van der Waals surface area contributed by atoms with Gasteiger partial charge >= 0.3 is 12.2 Å². The van der Waals surface area contributed by atoms with E-state index in [0.717, 1.165) is 51.3 Å². The van der Waals surface area contributed by atoms with Crippen molar-refractivity contribution in [3.63, 3.8) is 0 Å². The number of methoxy groups -OCH3 is 2. The van der Waals surface area contributed by atoms with Gasteiger partial charge in [0, 0.05) is 41.7 Å². The Morgan fingerprint density at radius 1 is 0.969 bits per heavy atom. The minimum absolute atomic E-state index is 0.167. The van der Waals surface area contributed by atoms with Gasteiger partial charge in [-0.05, 0) is 68.4 Å². The van der Waals surface area contributed by atoms with E-state index in [-0.39, 0.29) is 36.9 Å². The highest BCUT2D eigenvalue weighted by Crippen LogP contribution is 2.49. The first-order chi connectivity index (χ1) is 31.4. The van der Waals surface area contributed by atoms with Crippen LogP contribution >= 0.6 is 11.3 Å². The number of likely N-dealkylation sites (tertiary alicyclic amines) is 1. The molecule has 340 valence electrons. The lowest BCUT2D eigenvalue weighted by Gasteiger charge is -2.29. The molecule has 3 aliphatic rings. The summed E-state index contributed by atoms with van der Waals surface area (Å²) in [4.78, 5) is 75.4. The van der Waals surface area contributed by atoms with Crippen LogP contribution in [0.4, 0.5) is 14.0 Å². The topological polar surface area (TPSA) is 202 Å². The third-order valence-electron chi connectivity index (χ3n) is 12.2. The lowest BCUT2D eigenvalue weighted by Crippen LogP contribution is -2.51. The van der Waals surface area contributed by atoms with Crippen LogP contribution in [0.1, 0.15) is 92.6 Å². The Morgan fingerprint density at radius 2 is 1.75 bits per heavy atom. The van der Waals surface area contributed by atoms with Gasteiger partial charge in [0.1, 0.15) is 35.8 Å². The maximum absolute atomic E-state index is 16.8. The van der Waals surface area contributed by atoms with Crippen molar-refractivity contribution in [1.29, 1.82) is 0 Å². The predicted octanol–water partition coefficient (Wildman–Crippen LogP) is 7.64. The highest BCUT2D eigenvalue weighted by Gasteiger charge is 2.36. The summed E-state index contributed by atoms with van der Waals surface area (Å²) in [6.07, 6.45) is 7.63. The number of nitrogens with zero attached hydrogens (tertiary/aromatic N) is 6. The number of hydrogen-bond acceptors (Lipinski definition) is 11. The first-order valence-corrected chi connectivity index (χ1v) is 22.7. The van der Waals surface area contributed by atoms with Crippen molar-refractivity contribution >= 4 is 46.2 Å². The molecular weight excluding hydrogens is 856 g/mol. The van der Waals surface area contributed by atoms with Crippen molar-refractivity contribution in [3.05, 3.63) is 82.3 Å². The summed E-state index contributed by atoms with van der Waals surface area (Å²) in [6.45, 7) is 6.73. The molecule has 65 heavy (non-hydrogen) atoms. The van der Waals surface area contributed by atoms with E-state index in [0.29, 0.717) is 71.8 Å². The second-order valence-electron chi connectivity index (χ2n) is 17.0. The van der Waals surface area contributed by atoms with Crippen LogP contribution in [0.15, 0.2) is 55.0 Å². The standard InChI is InChI=1S/C46H51FN10O7S/c1-6-13-55(43(59)40(24(2)3)54-46(61)63-5)23-37-48-19-30(52-37)26-11-12-32-28(15-26)17-34-39-29(47)16-27(18-35(39)64-44(57(32)34)36-21-50-42(65-36)25-9-10-25)31-20-49-41(53-31)33-8-7-14-56(33)38(58)22-51-45(60)62-4/h11-12,15-21,24-25,33,40,44H,6-10,13-14,22-23H2,1-5H3,(H,48,52)(H,49,53)(H,51,60)(H,54,61)/t33-,40-,44-/m0/s1. The minimum atomic E-state index is -0.763. The number of carbonyl (C=O) groups excluding carboxylic acids is 4. The smallest absolute Gasteiger partial charge is 0.407 e. The maximum atomic E-state index is 16.8. The van der Waals surface area contributed by atoms with E-state index < -0.39 is 30.3 Å². The predicted molar refractivity (Wildman–Crippen MR) is 239 cm³/mol. The summed E-state index contributed by atoms with van der Waals surface area (Å²) in [6, 6.07) is 10.2. The summed E-state index contributed by atoms with van der Waals surface area (Å²) in [5.41, 5.74) is 4.51. The van der Waals surface area contributed by atoms with E-state index in [1.165, 1.54) is 20.3 Å². The molecular formula is C46H51FN10O7S. The lowest BCUT2D eigenvalue weighted by molar-refractivity contribution is -0.135. The SMILES string of the molecule is CCCN(Cc1ncc(-c2ccc3c(c2)cc2n3[C@H](c3cnc(C4CC4)s3)Oc3cc(-c4cnc([C@@H]5CCCN5C(=O)CNC(=O)OC)[nH]4)cc(F)c3-2)[nH]1)C(=O)[C@@H](NC(=O)OC)C(C)C. The third kappa shape index (κ3) is 8.63. The van der Waals surface area contributed by atoms with Gasteiger partial charge in [0.25, 0.3) is 0 Å². The average Bonchev–Trinajstić information content (AvgIpc) is 3.89. The highest BCUT2D eigenvalue weighted by molar-refractivity contribution is 7.11. The average molecular weight is 907 g/mol. The highest BCUT2D eigenvalue weighted by atomic mass is 32.1. The van der Waals surface area contributed by atoms with Crippen LogP contribution in [0.5, 0.6) is 5.75 Å². The van der Waals surface area contributed by atoms with Crippen LogP contribution in [0.3, 0.4) is 0 Å². The fourth-order valence-electron chi connectivity index (χ4n) is 8.75. The summed E-state index contributed by atoms with van der Waals surface area (Å²) in [5.74, 6) is 0.849. The number of ether oxygens (including phenoxy) is 3. The molecule has 0 bridgehead atoms. The Morgan fingerprint density at radius 3 is 2.51 bits per heavy atom. The number of rotatable bonds is 14. The Balaban J connectivity index is 1.02. The normalized spacial score (nSPS) is 17.1.